The first-order valence-electron chi connectivity index (χ1n) is 9.09. The van der Waals surface area contributed by atoms with Gasteiger partial charge in [-0.3, -0.25) is 4.72 Å². The standard InChI is InChI=1S/C21H20ClN3O3S/c1-14-20(26,11-12-23)21(14,15-6-8-16(22)9-7-15)25-13-10-17-18(24-29(2,27)28)4-3-5-19(17)25/h3-10,13-14,24,26H,11H2,1-2H3. The van der Waals surface area contributed by atoms with Crippen molar-refractivity contribution < 1.29 is 13.5 Å². The molecule has 2 N–H and O–H groups in total. The second kappa shape index (κ2) is 6.49. The molecular weight excluding hydrogens is 410 g/mol. The molecular formula is C21H20ClN3O3S. The van der Waals surface area contributed by atoms with Gasteiger partial charge >= 0.3 is 0 Å². The van der Waals surface area contributed by atoms with Gasteiger partial charge in [0.05, 0.1) is 29.9 Å². The second-order valence-corrected chi connectivity index (χ2v) is 9.74. The van der Waals surface area contributed by atoms with Gasteiger partial charge in [0.1, 0.15) is 11.1 Å². The molecule has 3 aromatic rings. The highest BCUT2D eigenvalue weighted by Gasteiger charge is 2.76. The van der Waals surface area contributed by atoms with Crippen molar-refractivity contribution in [3.8, 4) is 6.07 Å². The summed E-state index contributed by atoms with van der Waals surface area (Å²) in [6, 6.07) is 16.5. The van der Waals surface area contributed by atoms with Crippen molar-refractivity contribution in [2.45, 2.75) is 24.5 Å². The third kappa shape index (κ3) is 2.83. The average molecular weight is 430 g/mol. The molecule has 0 bridgehead atoms. The van der Waals surface area contributed by atoms with Crippen LogP contribution >= 0.6 is 11.6 Å². The minimum absolute atomic E-state index is 0.0300. The summed E-state index contributed by atoms with van der Waals surface area (Å²) >= 11 is 6.07. The first kappa shape index (κ1) is 19.8. The summed E-state index contributed by atoms with van der Waals surface area (Å²) in [5.41, 5.74) is -0.0619. The van der Waals surface area contributed by atoms with Gasteiger partial charge in [0.2, 0.25) is 10.0 Å². The number of nitrogens with zero attached hydrogens (tertiary/aromatic N) is 2. The first-order valence-corrected chi connectivity index (χ1v) is 11.4. The largest absolute Gasteiger partial charge is 0.386 e. The van der Waals surface area contributed by atoms with Gasteiger partial charge < -0.3 is 9.67 Å². The lowest BCUT2D eigenvalue weighted by Gasteiger charge is -2.25. The Balaban J connectivity index is 1.97. The number of nitriles is 1. The predicted octanol–water partition coefficient (Wildman–Crippen LogP) is 3.70. The van der Waals surface area contributed by atoms with E-state index in [2.05, 4.69) is 10.8 Å². The zero-order chi connectivity index (χ0) is 21.0. The van der Waals surface area contributed by atoms with Gasteiger partial charge in [-0.15, -0.1) is 0 Å². The summed E-state index contributed by atoms with van der Waals surface area (Å²) in [5, 5.41) is 22.1. The molecule has 0 aliphatic heterocycles. The van der Waals surface area contributed by atoms with Crippen LogP contribution in [0.3, 0.4) is 0 Å². The van der Waals surface area contributed by atoms with E-state index in [0.717, 1.165) is 17.3 Å². The second-order valence-electron chi connectivity index (χ2n) is 7.55. The molecule has 1 aromatic heterocycles. The van der Waals surface area contributed by atoms with Gasteiger partial charge in [-0.05, 0) is 35.9 Å². The Morgan fingerprint density at radius 1 is 1.24 bits per heavy atom. The van der Waals surface area contributed by atoms with Gasteiger partial charge in [0, 0.05) is 22.5 Å². The number of hydrogen-bond acceptors (Lipinski definition) is 4. The van der Waals surface area contributed by atoms with Gasteiger partial charge in [0.15, 0.2) is 0 Å². The van der Waals surface area contributed by atoms with E-state index in [1.54, 1.807) is 24.3 Å². The Kier molecular flexibility index (Phi) is 4.43. The molecule has 1 heterocycles. The lowest BCUT2D eigenvalue weighted by atomic mass is 9.98. The molecule has 3 atom stereocenters. The minimum Gasteiger partial charge on any atom is -0.386 e. The molecule has 3 unspecified atom stereocenters. The van der Waals surface area contributed by atoms with Crippen LogP contribution < -0.4 is 4.72 Å². The number of fused-ring (bicyclic) bond motifs is 1. The van der Waals surface area contributed by atoms with Crippen molar-refractivity contribution in [1.29, 1.82) is 5.26 Å². The highest BCUT2D eigenvalue weighted by Crippen LogP contribution is 2.66. The van der Waals surface area contributed by atoms with Crippen LogP contribution in [0.5, 0.6) is 0 Å². The van der Waals surface area contributed by atoms with E-state index in [1.807, 2.05) is 42.0 Å². The Labute approximate surface area is 174 Å². The maximum absolute atomic E-state index is 11.7. The van der Waals surface area contributed by atoms with Crippen molar-refractivity contribution in [3.63, 3.8) is 0 Å². The molecule has 1 aliphatic rings. The van der Waals surface area contributed by atoms with Gasteiger partial charge in [-0.2, -0.15) is 5.26 Å². The number of sulfonamides is 1. The van der Waals surface area contributed by atoms with Crippen molar-refractivity contribution in [2.24, 2.45) is 5.92 Å². The third-order valence-corrected chi connectivity index (χ3v) is 6.80. The van der Waals surface area contributed by atoms with Crippen LogP contribution in [0.2, 0.25) is 5.02 Å². The smallest absolute Gasteiger partial charge is 0.229 e. The summed E-state index contributed by atoms with van der Waals surface area (Å²) < 4.78 is 28.0. The molecule has 1 fully saturated rings. The lowest BCUT2D eigenvalue weighted by Crippen LogP contribution is -2.30. The highest BCUT2D eigenvalue weighted by molar-refractivity contribution is 7.92. The Hall–Kier alpha value is -2.53. The molecule has 150 valence electrons. The summed E-state index contributed by atoms with van der Waals surface area (Å²) in [5.74, 6) is -0.238. The molecule has 1 saturated carbocycles. The van der Waals surface area contributed by atoms with Crippen LogP contribution in [0.15, 0.2) is 54.7 Å². The van der Waals surface area contributed by atoms with Crippen molar-refractivity contribution >= 4 is 38.2 Å². The molecule has 0 saturated heterocycles. The number of hydrogen-bond donors (Lipinski definition) is 2. The van der Waals surface area contributed by atoms with E-state index in [4.69, 9.17) is 11.6 Å². The summed E-state index contributed by atoms with van der Waals surface area (Å²) in [6.07, 6.45) is 2.91. The summed E-state index contributed by atoms with van der Waals surface area (Å²) in [6.45, 7) is 1.91. The fourth-order valence-electron chi connectivity index (χ4n) is 4.63. The number of rotatable bonds is 5. The topological polar surface area (TPSA) is 95.1 Å². The van der Waals surface area contributed by atoms with Crippen LogP contribution in [0, 0.1) is 17.2 Å². The van der Waals surface area contributed by atoms with Gasteiger partial charge in [-0.1, -0.05) is 36.7 Å². The molecule has 29 heavy (non-hydrogen) atoms. The van der Waals surface area contributed by atoms with Crippen LogP contribution in [0.25, 0.3) is 10.9 Å². The normalized spacial score (nSPS) is 26.2. The van der Waals surface area contributed by atoms with E-state index in [1.165, 1.54) is 0 Å². The van der Waals surface area contributed by atoms with Crippen molar-refractivity contribution in [2.75, 3.05) is 11.0 Å². The fraction of sp³-hybridized carbons (Fsp3) is 0.286. The van der Waals surface area contributed by atoms with E-state index >= 15 is 0 Å². The SMILES string of the molecule is CC1C(O)(CC#N)C1(c1ccc(Cl)cc1)n1ccc2c(NS(C)(=O)=O)cccc21. The van der Waals surface area contributed by atoms with Gasteiger partial charge in [0.25, 0.3) is 0 Å². The number of nitrogens with one attached hydrogen (secondary N) is 1. The molecule has 1 aliphatic carbocycles. The van der Waals surface area contributed by atoms with Crippen LogP contribution in [0.4, 0.5) is 5.69 Å². The van der Waals surface area contributed by atoms with Crippen LogP contribution in [0.1, 0.15) is 18.9 Å². The molecule has 8 heteroatoms. The third-order valence-electron chi connectivity index (χ3n) is 5.96. The van der Waals surface area contributed by atoms with E-state index in [-0.39, 0.29) is 12.3 Å². The number of aliphatic hydroxyl groups is 1. The molecule has 2 aromatic carbocycles. The maximum Gasteiger partial charge on any atom is 0.229 e. The fourth-order valence-corrected chi connectivity index (χ4v) is 5.33. The quantitative estimate of drug-likeness (QED) is 0.646. The number of aromatic nitrogens is 1. The predicted molar refractivity (Wildman–Crippen MR) is 113 cm³/mol. The molecule has 4 rings (SSSR count). The van der Waals surface area contributed by atoms with Crippen LogP contribution in [-0.4, -0.2) is 29.9 Å². The summed E-state index contributed by atoms with van der Waals surface area (Å²) in [4.78, 5) is 0. The number of benzene rings is 2. The van der Waals surface area contributed by atoms with Crippen molar-refractivity contribution in [3.05, 3.63) is 65.3 Å². The first-order chi connectivity index (χ1) is 13.6. The van der Waals surface area contributed by atoms with Crippen molar-refractivity contribution in [1.82, 2.24) is 4.57 Å². The number of anilines is 1. The van der Waals surface area contributed by atoms with Gasteiger partial charge in [-0.25, -0.2) is 8.42 Å². The zero-order valence-electron chi connectivity index (χ0n) is 15.9. The minimum atomic E-state index is -3.44. The average Bonchev–Trinajstić information content (AvgIpc) is 2.94. The van der Waals surface area contributed by atoms with E-state index < -0.39 is 21.2 Å². The summed E-state index contributed by atoms with van der Waals surface area (Å²) in [7, 11) is -3.44. The maximum atomic E-state index is 11.7. The highest BCUT2D eigenvalue weighted by atomic mass is 35.5. The van der Waals surface area contributed by atoms with Crippen LogP contribution in [-0.2, 0) is 15.6 Å². The lowest BCUT2D eigenvalue weighted by molar-refractivity contribution is 0.111. The zero-order valence-corrected chi connectivity index (χ0v) is 17.5. The molecule has 6 nitrogen and oxygen atoms in total. The Bertz CT molecular complexity index is 1250. The molecule has 0 amide bonds. The molecule has 0 spiro atoms. The van der Waals surface area contributed by atoms with E-state index in [0.29, 0.717) is 16.1 Å². The monoisotopic (exact) mass is 429 g/mol. The number of halogens is 1. The Morgan fingerprint density at radius 2 is 1.93 bits per heavy atom. The van der Waals surface area contributed by atoms with E-state index in [9.17, 15) is 18.8 Å². The molecule has 0 radical (unpaired) electrons. The Morgan fingerprint density at radius 3 is 2.55 bits per heavy atom.